The van der Waals surface area contributed by atoms with Gasteiger partial charge in [0.2, 0.25) is 0 Å². The molecule has 106 valence electrons. The molecule has 3 heterocycles. The molecule has 3 saturated heterocycles. The van der Waals surface area contributed by atoms with Gasteiger partial charge in [-0.15, -0.1) is 0 Å². The maximum Gasteiger partial charge on any atom is 0.0199 e. The van der Waals surface area contributed by atoms with E-state index in [2.05, 4.69) is 65.6 Å². The molecule has 0 amide bonds. The van der Waals surface area contributed by atoms with Gasteiger partial charge in [-0.25, -0.2) is 0 Å². The second kappa shape index (κ2) is 5.50. The third-order valence-corrected chi connectivity index (χ3v) is 4.89. The SMILES string of the molecule is C(=C1/CN2CCC1CC2)/c1ccc(-c2ccccc2)cc1. The second-order valence-electron chi connectivity index (χ2n) is 6.26. The van der Waals surface area contributed by atoms with Crippen LogP contribution < -0.4 is 0 Å². The van der Waals surface area contributed by atoms with Crippen LogP contribution in [0.25, 0.3) is 17.2 Å². The van der Waals surface area contributed by atoms with Crippen LogP contribution in [-0.4, -0.2) is 24.5 Å². The third-order valence-electron chi connectivity index (χ3n) is 4.89. The normalized spacial score (nSPS) is 26.2. The van der Waals surface area contributed by atoms with E-state index in [9.17, 15) is 0 Å². The van der Waals surface area contributed by atoms with Crippen LogP contribution >= 0.6 is 0 Å². The molecule has 0 unspecified atom stereocenters. The van der Waals surface area contributed by atoms with E-state index in [4.69, 9.17) is 0 Å². The first kappa shape index (κ1) is 12.8. The lowest BCUT2D eigenvalue weighted by atomic mass is 9.83. The van der Waals surface area contributed by atoms with Crippen molar-refractivity contribution in [1.82, 2.24) is 4.90 Å². The molecule has 3 fully saturated rings. The van der Waals surface area contributed by atoms with Gasteiger partial charge in [0.25, 0.3) is 0 Å². The molecule has 0 spiro atoms. The average molecular weight is 275 g/mol. The predicted octanol–water partition coefficient (Wildman–Crippen LogP) is 4.46. The highest BCUT2D eigenvalue weighted by atomic mass is 15.1. The first-order chi connectivity index (χ1) is 10.4. The third kappa shape index (κ3) is 2.66. The van der Waals surface area contributed by atoms with Gasteiger partial charge in [-0.1, -0.05) is 66.2 Å². The number of nitrogens with zero attached hydrogens (tertiary/aromatic N) is 1. The van der Waals surface area contributed by atoms with Gasteiger partial charge < -0.3 is 0 Å². The summed E-state index contributed by atoms with van der Waals surface area (Å²) in [5.41, 5.74) is 5.57. The summed E-state index contributed by atoms with van der Waals surface area (Å²) in [5.74, 6) is 0.837. The summed E-state index contributed by atoms with van der Waals surface area (Å²) in [5, 5.41) is 0. The molecule has 0 aliphatic carbocycles. The number of hydrogen-bond donors (Lipinski definition) is 0. The average Bonchev–Trinajstić information content (AvgIpc) is 2.57. The van der Waals surface area contributed by atoms with Crippen molar-refractivity contribution < 1.29 is 0 Å². The topological polar surface area (TPSA) is 3.24 Å². The van der Waals surface area contributed by atoms with Gasteiger partial charge in [-0.3, -0.25) is 4.90 Å². The maximum atomic E-state index is 2.59. The Morgan fingerprint density at radius 1 is 0.810 bits per heavy atom. The van der Waals surface area contributed by atoms with Gasteiger partial charge in [0.05, 0.1) is 0 Å². The first-order valence-electron chi connectivity index (χ1n) is 7.97. The molecule has 3 aliphatic rings. The largest absolute Gasteiger partial charge is 0.299 e. The summed E-state index contributed by atoms with van der Waals surface area (Å²) in [7, 11) is 0. The van der Waals surface area contributed by atoms with Crippen LogP contribution in [-0.2, 0) is 0 Å². The van der Waals surface area contributed by atoms with Crippen LogP contribution in [0.3, 0.4) is 0 Å². The van der Waals surface area contributed by atoms with Gasteiger partial charge in [-0.05, 0) is 48.5 Å². The Morgan fingerprint density at radius 3 is 2.10 bits per heavy atom. The van der Waals surface area contributed by atoms with Crippen molar-refractivity contribution in [2.24, 2.45) is 5.92 Å². The molecule has 3 aliphatic heterocycles. The first-order valence-corrected chi connectivity index (χ1v) is 7.97. The second-order valence-corrected chi connectivity index (χ2v) is 6.26. The molecular weight excluding hydrogens is 254 g/mol. The van der Waals surface area contributed by atoms with Crippen molar-refractivity contribution in [1.29, 1.82) is 0 Å². The summed E-state index contributed by atoms with van der Waals surface area (Å²) < 4.78 is 0. The Balaban J connectivity index is 1.57. The molecule has 0 radical (unpaired) electrons. The number of hydrogen-bond acceptors (Lipinski definition) is 1. The lowest BCUT2D eigenvalue weighted by Gasteiger charge is -2.41. The molecule has 1 nitrogen and oxygen atoms in total. The van der Waals surface area contributed by atoms with Crippen LogP contribution in [0.15, 0.2) is 60.2 Å². The van der Waals surface area contributed by atoms with E-state index in [1.54, 1.807) is 5.57 Å². The number of fused-ring (bicyclic) bond motifs is 3. The van der Waals surface area contributed by atoms with Gasteiger partial charge in [0.1, 0.15) is 0 Å². The smallest absolute Gasteiger partial charge is 0.0199 e. The van der Waals surface area contributed by atoms with Crippen LogP contribution in [0, 0.1) is 5.92 Å². The van der Waals surface area contributed by atoms with E-state index in [-0.39, 0.29) is 0 Å². The highest BCUT2D eigenvalue weighted by Gasteiger charge is 2.29. The molecule has 0 atom stereocenters. The van der Waals surface area contributed by atoms with E-state index < -0.39 is 0 Å². The highest BCUT2D eigenvalue weighted by Crippen LogP contribution is 2.33. The van der Waals surface area contributed by atoms with Crippen molar-refractivity contribution >= 4 is 6.08 Å². The van der Waals surface area contributed by atoms with Gasteiger partial charge in [0, 0.05) is 6.54 Å². The molecule has 0 N–H and O–H groups in total. The molecule has 5 rings (SSSR count). The van der Waals surface area contributed by atoms with Crippen molar-refractivity contribution in [2.45, 2.75) is 12.8 Å². The minimum absolute atomic E-state index is 0.837. The lowest BCUT2D eigenvalue weighted by molar-refractivity contribution is 0.163. The molecule has 0 aromatic heterocycles. The van der Waals surface area contributed by atoms with Crippen molar-refractivity contribution in [2.75, 3.05) is 19.6 Å². The molecule has 2 aromatic rings. The fourth-order valence-electron chi connectivity index (χ4n) is 3.63. The molecule has 21 heavy (non-hydrogen) atoms. The Labute approximate surface area is 126 Å². The van der Waals surface area contributed by atoms with Crippen LogP contribution in [0.5, 0.6) is 0 Å². The van der Waals surface area contributed by atoms with Gasteiger partial charge >= 0.3 is 0 Å². The van der Waals surface area contributed by atoms with E-state index >= 15 is 0 Å². The molecule has 1 heteroatoms. The number of rotatable bonds is 2. The van der Waals surface area contributed by atoms with Gasteiger partial charge in [-0.2, -0.15) is 0 Å². The fraction of sp³-hybridized carbons (Fsp3) is 0.300. The monoisotopic (exact) mass is 275 g/mol. The van der Waals surface area contributed by atoms with E-state index in [0.717, 1.165) is 5.92 Å². The molecule has 0 saturated carbocycles. The predicted molar refractivity (Wildman–Crippen MR) is 89.0 cm³/mol. The standard InChI is InChI=1S/C20H21N/c1-2-4-17(5-3-1)18-8-6-16(7-9-18)14-20-15-21-12-10-19(20)11-13-21/h1-9,14,19H,10-13,15H2/b20-14+. The van der Waals surface area contributed by atoms with Crippen LogP contribution in [0.2, 0.25) is 0 Å². The Bertz CT molecular complexity index is 631. The summed E-state index contributed by atoms with van der Waals surface area (Å²) in [6.45, 7) is 3.79. The van der Waals surface area contributed by atoms with Gasteiger partial charge in [0.15, 0.2) is 0 Å². The quantitative estimate of drug-likeness (QED) is 0.782. The Hall–Kier alpha value is -1.86. The summed E-state index contributed by atoms with van der Waals surface area (Å²) >= 11 is 0. The zero-order valence-corrected chi connectivity index (χ0v) is 12.3. The lowest BCUT2D eigenvalue weighted by Crippen LogP contribution is -2.42. The minimum atomic E-state index is 0.837. The number of benzene rings is 2. The summed E-state index contributed by atoms with van der Waals surface area (Å²) in [6.07, 6.45) is 5.13. The van der Waals surface area contributed by atoms with Crippen LogP contribution in [0.1, 0.15) is 18.4 Å². The van der Waals surface area contributed by atoms with E-state index in [1.807, 2.05) is 0 Å². The fourth-order valence-corrected chi connectivity index (χ4v) is 3.63. The molecular formula is C20H21N. The van der Waals surface area contributed by atoms with Crippen molar-refractivity contribution in [3.63, 3.8) is 0 Å². The minimum Gasteiger partial charge on any atom is -0.299 e. The zero-order valence-electron chi connectivity index (χ0n) is 12.3. The maximum absolute atomic E-state index is 2.59. The van der Waals surface area contributed by atoms with E-state index in [1.165, 1.54) is 49.2 Å². The Kier molecular flexibility index (Phi) is 3.36. The van der Waals surface area contributed by atoms with Crippen LogP contribution in [0.4, 0.5) is 0 Å². The summed E-state index contributed by atoms with van der Waals surface area (Å²) in [4.78, 5) is 2.59. The zero-order chi connectivity index (χ0) is 14.1. The summed E-state index contributed by atoms with van der Waals surface area (Å²) in [6, 6.07) is 19.6. The molecule has 2 bridgehead atoms. The number of piperidine rings is 3. The van der Waals surface area contributed by atoms with E-state index in [0.29, 0.717) is 0 Å². The highest BCUT2D eigenvalue weighted by molar-refractivity contribution is 5.66. The van der Waals surface area contributed by atoms with Crippen molar-refractivity contribution in [3.8, 4) is 11.1 Å². The molecule has 2 aromatic carbocycles. The van der Waals surface area contributed by atoms with Crippen molar-refractivity contribution in [3.05, 3.63) is 65.7 Å². The Morgan fingerprint density at radius 2 is 1.48 bits per heavy atom.